The van der Waals surface area contributed by atoms with Gasteiger partial charge in [0.25, 0.3) is 0 Å². The second kappa shape index (κ2) is 10.8. The third kappa shape index (κ3) is 4.25. The van der Waals surface area contributed by atoms with Gasteiger partial charge in [0.05, 0.1) is 43.0 Å². The van der Waals surface area contributed by atoms with Crippen molar-refractivity contribution in [3.8, 4) is 5.75 Å². The Bertz CT molecular complexity index is 1150. The predicted octanol–water partition coefficient (Wildman–Crippen LogP) is 5.60. The van der Waals surface area contributed by atoms with Crippen LogP contribution in [0.3, 0.4) is 0 Å². The Morgan fingerprint density at radius 1 is 0.816 bits per heavy atom. The molecule has 1 aromatic heterocycles. The smallest absolute Gasteiger partial charge is 0.449 e. The van der Waals surface area contributed by atoms with Crippen LogP contribution in [0.4, 0.5) is 0 Å². The summed E-state index contributed by atoms with van der Waals surface area (Å²) in [6.07, 6.45) is 3.21. The van der Waals surface area contributed by atoms with Gasteiger partial charge in [0, 0.05) is 11.5 Å². The van der Waals surface area contributed by atoms with E-state index in [0.717, 1.165) is 47.2 Å². The topological polar surface area (TPSA) is 59.5 Å². The van der Waals surface area contributed by atoms with E-state index in [9.17, 15) is 0 Å². The third-order valence-corrected chi connectivity index (χ3v) is 10.2. The molecule has 5 rings (SSSR count). The van der Waals surface area contributed by atoms with Crippen molar-refractivity contribution in [2.24, 2.45) is 23.7 Å². The summed E-state index contributed by atoms with van der Waals surface area (Å²) >= 11 is 0. The van der Waals surface area contributed by atoms with Crippen LogP contribution < -0.4 is 15.6 Å². The number of ether oxygens (including phenoxy) is 4. The molecule has 0 bridgehead atoms. The number of fused-ring (bicyclic) bond motifs is 4. The van der Waals surface area contributed by atoms with E-state index in [2.05, 4.69) is 62.3 Å². The first-order valence-electron chi connectivity index (χ1n) is 15.3. The van der Waals surface area contributed by atoms with Crippen LogP contribution in [0.1, 0.15) is 98.8 Å². The van der Waals surface area contributed by atoms with Crippen molar-refractivity contribution in [3.63, 3.8) is 0 Å². The van der Waals surface area contributed by atoms with Crippen molar-refractivity contribution in [3.05, 3.63) is 26.6 Å². The molecule has 0 N–H and O–H groups in total. The lowest BCUT2D eigenvalue weighted by Crippen LogP contribution is -2.68. The van der Waals surface area contributed by atoms with E-state index < -0.39 is 0 Å². The molecule has 3 saturated heterocycles. The third-order valence-electron chi connectivity index (χ3n) is 10.2. The molecule has 0 amide bonds. The maximum atomic E-state index is 6.97. The van der Waals surface area contributed by atoms with Crippen LogP contribution >= 0.6 is 0 Å². The molecule has 212 valence electrons. The summed E-state index contributed by atoms with van der Waals surface area (Å²) in [5, 5.41) is 0. The maximum Gasteiger partial charge on any atom is 0.449 e. The van der Waals surface area contributed by atoms with Gasteiger partial charge in [-0.05, 0) is 52.4 Å². The largest absolute Gasteiger partial charge is 0.485 e. The average Bonchev–Trinajstić information content (AvgIpc) is 2.91. The van der Waals surface area contributed by atoms with Crippen LogP contribution in [0.15, 0.2) is 8.84 Å². The Hall–Kier alpha value is -1.50. The van der Waals surface area contributed by atoms with Gasteiger partial charge in [0.1, 0.15) is 11.5 Å². The molecule has 3 fully saturated rings. The minimum atomic E-state index is -0.113. The highest BCUT2D eigenvalue weighted by atomic mass is 16.6. The lowest BCUT2D eigenvalue weighted by atomic mass is 9.70. The van der Waals surface area contributed by atoms with Crippen molar-refractivity contribution in [2.45, 2.75) is 137 Å². The van der Waals surface area contributed by atoms with Crippen molar-refractivity contribution >= 4 is 5.57 Å². The molecule has 4 aliphatic rings. The van der Waals surface area contributed by atoms with E-state index in [-0.39, 0.29) is 60.5 Å². The Labute approximate surface area is 228 Å². The second-order valence-corrected chi connectivity index (χ2v) is 12.3. The molecule has 4 aliphatic heterocycles. The minimum Gasteiger partial charge on any atom is -0.485 e. The van der Waals surface area contributed by atoms with Crippen molar-refractivity contribution in [1.82, 2.24) is 0 Å². The normalized spacial score (nSPS) is 42.7. The Balaban J connectivity index is 1.55. The van der Waals surface area contributed by atoms with Crippen molar-refractivity contribution in [1.29, 1.82) is 0 Å². The number of hydrogen-bond donors (Lipinski definition) is 0. The van der Waals surface area contributed by atoms with Crippen LogP contribution in [-0.2, 0) is 14.2 Å². The summed E-state index contributed by atoms with van der Waals surface area (Å²) in [6.45, 7) is 22.6. The van der Waals surface area contributed by atoms with Crippen LogP contribution in [0.25, 0.3) is 5.57 Å². The van der Waals surface area contributed by atoms with Crippen LogP contribution in [-0.4, -0.2) is 49.3 Å². The van der Waals surface area contributed by atoms with Gasteiger partial charge in [0.2, 0.25) is 5.75 Å². The van der Waals surface area contributed by atoms with Crippen LogP contribution in [0.5, 0.6) is 5.75 Å². The van der Waals surface area contributed by atoms with Gasteiger partial charge in [-0.15, -0.1) is 0 Å². The highest BCUT2D eigenvalue weighted by Crippen LogP contribution is 2.49. The van der Waals surface area contributed by atoms with Gasteiger partial charge in [-0.3, -0.25) is 0 Å². The van der Waals surface area contributed by atoms with Gasteiger partial charge < -0.3 is 18.9 Å². The fraction of sp³-hybridized carbons (Fsp3) is 0.812. The molecule has 12 unspecified atom stereocenters. The van der Waals surface area contributed by atoms with E-state index in [0.29, 0.717) is 18.4 Å². The molecule has 38 heavy (non-hydrogen) atoms. The molecule has 6 heteroatoms. The molecule has 5 heterocycles. The Morgan fingerprint density at radius 3 is 2.08 bits per heavy atom. The zero-order valence-electron chi connectivity index (χ0n) is 25.2. The molecule has 0 saturated carbocycles. The van der Waals surface area contributed by atoms with Crippen molar-refractivity contribution in [2.75, 3.05) is 6.61 Å². The van der Waals surface area contributed by atoms with E-state index >= 15 is 0 Å². The highest BCUT2D eigenvalue weighted by Gasteiger charge is 2.63. The van der Waals surface area contributed by atoms with E-state index in [1.165, 1.54) is 5.57 Å². The lowest BCUT2D eigenvalue weighted by Gasteiger charge is -2.56. The SMILES string of the molecule is CCOc1c(C)c2c([o+]/c1=C(\C)CC)C(C)C1OC3C(C)C4OC(CC)C(CC)C(C)C4OC3C(C)C1[O+]=2. The van der Waals surface area contributed by atoms with Gasteiger partial charge in [-0.1, -0.05) is 48.0 Å². The summed E-state index contributed by atoms with van der Waals surface area (Å²) in [4.78, 5) is 0. The molecular weight excluding hydrogens is 480 g/mol. The van der Waals surface area contributed by atoms with Crippen LogP contribution in [0.2, 0.25) is 0 Å². The van der Waals surface area contributed by atoms with E-state index in [1.807, 2.05) is 6.92 Å². The van der Waals surface area contributed by atoms with E-state index in [1.54, 1.807) is 0 Å². The minimum absolute atomic E-state index is 0.0264. The van der Waals surface area contributed by atoms with Gasteiger partial charge in [0.15, 0.2) is 6.10 Å². The Morgan fingerprint density at radius 2 is 1.45 bits per heavy atom. The summed E-state index contributed by atoms with van der Waals surface area (Å²) in [7, 11) is 0. The zero-order valence-corrected chi connectivity index (χ0v) is 25.2. The fourth-order valence-corrected chi connectivity index (χ4v) is 7.76. The molecule has 0 radical (unpaired) electrons. The van der Waals surface area contributed by atoms with Gasteiger partial charge >= 0.3 is 22.7 Å². The molecule has 0 aliphatic carbocycles. The molecular formula is C32H50O6+2. The molecule has 0 aromatic carbocycles. The molecule has 12 atom stereocenters. The number of rotatable bonds is 5. The highest BCUT2D eigenvalue weighted by molar-refractivity contribution is 5.46. The van der Waals surface area contributed by atoms with E-state index in [4.69, 9.17) is 27.8 Å². The first-order chi connectivity index (χ1) is 18.2. The molecule has 1 aromatic rings. The van der Waals surface area contributed by atoms with Crippen LogP contribution in [0, 0.1) is 30.6 Å². The van der Waals surface area contributed by atoms with Gasteiger partial charge in [-0.25, -0.2) is 4.42 Å². The standard InChI is InChI=1S/C32H50O6/c1-11-15(5)23-24(33-14-4)17(7)27-28(35-23)19(9)31-32(37-27)20(10)30-29(38-31)18(8)26-25(36-30)16(6)21(12-2)22(13-3)34-26/h16,18-22,25-26,29-32H,11-14H2,1-10H3/q+2/b23-15+. The quantitative estimate of drug-likeness (QED) is 0.464. The summed E-state index contributed by atoms with van der Waals surface area (Å²) < 4.78 is 40.2. The van der Waals surface area contributed by atoms with Gasteiger partial charge in [-0.2, -0.15) is 4.42 Å². The lowest BCUT2D eigenvalue weighted by molar-refractivity contribution is -0.310. The Kier molecular flexibility index (Phi) is 7.98. The number of hydrogen-bond acceptors (Lipinski definition) is 4. The first kappa shape index (κ1) is 28.0. The summed E-state index contributed by atoms with van der Waals surface area (Å²) in [6, 6.07) is 0. The molecule has 0 spiro atoms. The maximum absolute atomic E-state index is 6.97. The molecule has 6 nitrogen and oxygen atoms in total. The fourth-order valence-electron chi connectivity index (χ4n) is 7.76. The zero-order chi connectivity index (χ0) is 27.5. The summed E-state index contributed by atoms with van der Waals surface area (Å²) in [5.74, 6) is 3.11. The monoisotopic (exact) mass is 530 g/mol. The van der Waals surface area contributed by atoms with Crippen molar-refractivity contribution < 1.29 is 23.4 Å². The predicted molar refractivity (Wildman–Crippen MR) is 150 cm³/mol. The second-order valence-electron chi connectivity index (χ2n) is 12.3. The first-order valence-corrected chi connectivity index (χ1v) is 15.3. The average molecular weight is 531 g/mol. The summed E-state index contributed by atoms with van der Waals surface area (Å²) in [5.41, 5.74) is 3.83.